The van der Waals surface area contributed by atoms with E-state index >= 15 is 0 Å². The predicted octanol–water partition coefficient (Wildman–Crippen LogP) is 2.37. The van der Waals surface area contributed by atoms with E-state index in [1.807, 2.05) is 18.2 Å². The van der Waals surface area contributed by atoms with Crippen molar-refractivity contribution in [2.24, 2.45) is 5.92 Å². The summed E-state index contributed by atoms with van der Waals surface area (Å²) in [5.74, 6) is -0.208. The monoisotopic (exact) mass is 407 g/mol. The van der Waals surface area contributed by atoms with Crippen molar-refractivity contribution in [1.82, 2.24) is 19.9 Å². The molecule has 2 atom stereocenters. The molecule has 1 aliphatic rings. The molecule has 9 nitrogen and oxygen atoms in total. The fourth-order valence-corrected chi connectivity index (χ4v) is 3.95. The zero-order valence-electron chi connectivity index (χ0n) is 17.0. The molecule has 0 spiro atoms. The third-order valence-electron chi connectivity index (χ3n) is 5.56. The number of piperidine rings is 1. The summed E-state index contributed by atoms with van der Waals surface area (Å²) in [6.07, 6.45) is 3.19. The fourth-order valence-electron chi connectivity index (χ4n) is 3.95. The molecule has 1 fully saturated rings. The van der Waals surface area contributed by atoms with Gasteiger partial charge in [0, 0.05) is 6.54 Å². The van der Waals surface area contributed by atoms with E-state index in [4.69, 9.17) is 11.5 Å². The third-order valence-corrected chi connectivity index (χ3v) is 5.56. The topological polar surface area (TPSA) is 143 Å². The maximum absolute atomic E-state index is 13.1. The number of likely N-dealkylation sites (tertiary alicyclic amines) is 1. The van der Waals surface area contributed by atoms with Crippen LogP contribution in [0.3, 0.4) is 0 Å². The van der Waals surface area contributed by atoms with E-state index in [2.05, 4.69) is 27.2 Å². The molecule has 0 bridgehead atoms. The van der Waals surface area contributed by atoms with Gasteiger partial charge in [-0.3, -0.25) is 9.59 Å². The van der Waals surface area contributed by atoms with Gasteiger partial charge in [-0.25, -0.2) is 9.97 Å². The Labute approximate surface area is 173 Å². The second-order valence-corrected chi connectivity index (χ2v) is 7.93. The number of imidazole rings is 1. The number of aromatic nitrogens is 3. The van der Waals surface area contributed by atoms with Crippen molar-refractivity contribution < 1.29 is 9.59 Å². The number of fused-ring (bicyclic) bond motifs is 1. The number of amides is 2. The number of nitrogens with zero attached hydrogens (tertiary/aromatic N) is 3. The van der Waals surface area contributed by atoms with Crippen LogP contribution >= 0.6 is 0 Å². The van der Waals surface area contributed by atoms with Gasteiger partial charge < -0.3 is 26.7 Å². The minimum atomic E-state index is -0.688. The zero-order valence-corrected chi connectivity index (χ0v) is 17.0. The van der Waals surface area contributed by atoms with Crippen molar-refractivity contribution in [3.8, 4) is 0 Å². The summed E-state index contributed by atoms with van der Waals surface area (Å²) in [6.45, 7) is 4.39. The van der Waals surface area contributed by atoms with Crippen LogP contribution in [0.25, 0.3) is 11.0 Å². The Bertz CT molecular complexity index is 1120. The van der Waals surface area contributed by atoms with E-state index in [1.54, 1.807) is 17.9 Å². The molecule has 0 saturated carbocycles. The lowest BCUT2D eigenvalue weighted by Crippen LogP contribution is -2.46. The van der Waals surface area contributed by atoms with Gasteiger partial charge >= 0.3 is 11.8 Å². The predicted molar refractivity (Wildman–Crippen MR) is 115 cm³/mol. The third kappa shape index (κ3) is 3.78. The minimum absolute atomic E-state index is 0.195. The molecule has 0 radical (unpaired) electrons. The Kier molecular flexibility index (Phi) is 5.03. The number of aryl methyl sites for hydroxylation is 1. The van der Waals surface area contributed by atoms with E-state index in [-0.39, 0.29) is 6.04 Å². The number of aromatic amines is 1. The number of pyridine rings is 1. The van der Waals surface area contributed by atoms with Crippen LogP contribution in [0, 0.1) is 12.8 Å². The molecule has 6 N–H and O–H groups in total. The van der Waals surface area contributed by atoms with Gasteiger partial charge in [0.1, 0.15) is 5.82 Å². The first kappa shape index (κ1) is 19.7. The molecule has 3 heterocycles. The Balaban J connectivity index is 1.58. The molecule has 2 amide bonds. The normalized spacial score (nSPS) is 19.1. The van der Waals surface area contributed by atoms with Gasteiger partial charge in [0.15, 0.2) is 5.95 Å². The summed E-state index contributed by atoms with van der Waals surface area (Å²) in [5, 5.41) is 2.65. The highest BCUT2D eigenvalue weighted by Crippen LogP contribution is 2.34. The number of anilines is 3. The molecule has 4 rings (SSSR count). The minimum Gasteiger partial charge on any atom is -0.383 e. The Morgan fingerprint density at radius 2 is 2.03 bits per heavy atom. The Hall–Kier alpha value is -3.62. The highest BCUT2D eigenvalue weighted by atomic mass is 16.2. The number of H-pyrrole nitrogens is 1. The van der Waals surface area contributed by atoms with Crippen LogP contribution in [-0.2, 0) is 9.59 Å². The number of hydrogen-bond acceptors (Lipinski definition) is 6. The summed E-state index contributed by atoms with van der Waals surface area (Å²) in [7, 11) is 0. The molecule has 2 aromatic heterocycles. The highest BCUT2D eigenvalue weighted by molar-refractivity contribution is 6.39. The average molecular weight is 407 g/mol. The van der Waals surface area contributed by atoms with Gasteiger partial charge in [0.05, 0.1) is 29.0 Å². The lowest BCUT2D eigenvalue weighted by Gasteiger charge is -2.38. The molecule has 1 aliphatic heterocycles. The standard InChI is InChI=1S/C21H25N7O2/c1-11-3-6-17(13-4-5-15-16(8-13)27-21(23)26-15)28(10-11)20(30)19(29)25-14-7-12(2)18(22)24-9-14/h4-5,7-9,11,17H,3,6,10H2,1-2H3,(H2,22,24)(H,25,29)(H3,23,26,27)/t11-,17+/m1/s1. The van der Waals surface area contributed by atoms with Gasteiger partial charge in [-0.05, 0) is 55.0 Å². The van der Waals surface area contributed by atoms with Gasteiger partial charge in [-0.2, -0.15) is 0 Å². The maximum Gasteiger partial charge on any atom is 0.313 e. The van der Waals surface area contributed by atoms with Crippen LogP contribution in [0.2, 0.25) is 0 Å². The van der Waals surface area contributed by atoms with E-state index in [1.165, 1.54) is 6.20 Å². The summed E-state index contributed by atoms with van der Waals surface area (Å²) in [4.78, 5) is 38.7. The van der Waals surface area contributed by atoms with E-state index in [0.717, 1.165) is 35.0 Å². The van der Waals surface area contributed by atoms with Crippen LogP contribution in [-0.4, -0.2) is 38.2 Å². The van der Waals surface area contributed by atoms with Crippen LogP contribution in [0.4, 0.5) is 17.5 Å². The van der Waals surface area contributed by atoms with E-state index in [0.29, 0.717) is 29.9 Å². The summed E-state index contributed by atoms with van der Waals surface area (Å²) in [5.41, 5.74) is 15.2. The molecule has 156 valence electrons. The van der Waals surface area contributed by atoms with Crippen molar-refractivity contribution in [3.63, 3.8) is 0 Å². The Morgan fingerprint density at radius 3 is 2.80 bits per heavy atom. The van der Waals surface area contributed by atoms with Crippen LogP contribution in [0.15, 0.2) is 30.5 Å². The molecule has 0 unspecified atom stereocenters. The highest BCUT2D eigenvalue weighted by Gasteiger charge is 2.34. The molecule has 9 heteroatoms. The Morgan fingerprint density at radius 1 is 1.23 bits per heavy atom. The molecule has 3 aromatic rings. The van der Waals surface area contributed by atoms with Gasteiger partial charge in [-0.15, -0.1) is 0 Å². The number of nitrogens with two attached hydrogens (primary N) is 2. The van der Waals surface area contributed by atoms with Crippen LogP contribution in [0.5, 0.6) is 0 Å². The molecule has 1 aromatic carbocycles. The van der Waals surface area contributed by atoms with Gasteiger partial charge in [0.25, 0.3) is 0 Å². The number of nitrogens with one attached hydrogen (secondary N) is 2. The molecule has 1 saturated heterocycles. The fraction of sp³-hybridized carbons (Fsp3) is 0.333. The smallest absolute Gasteiger partial charge is 0.313 e. The van der Waals surface area contributed by atoms with Crippen molar-refractivity contribution in [1.29, 1.82) is 0 Å². The number of rotatable bonds is 2. The van der Waals surface area contributed by atoms with Crippen molar-refractivity contribution in [2.75, 3.05) is 23.3 Å². The quantitative estimate of drug-likeness (QED) is 0.480. The summed E-state index contributed by atoms with van der Waals surface area (Å²) < 4.78 is 0. The molecule has 0 aliphatic carbocycles. The molecular weight excluding hydrogens is 382 g/mol. The zero-order chi connectivity index (χ0) is 21.4. The van der Waals surface area contributed by atoms with Crippen LogP contribution < -0.4 is 16.8 Å². The second-order valence-electron chi connectivity index (χ2n) is 7.93. The number of carbonyl (C=O) groups is 2. The second kappa shape index (κ2) is 7.66. The number of nitrogen functional groups attached to an aromatic ring is 2. The molecule has 30 heavy (non-hydrogen) atoms. The first-order valence-electron chi connectivity index (χ1n) is 9.91. The van der Waals surface area contributed by atoms with E-state index < -0.39 is 11.8 Å². The van der Waals surface area contributed by atoms with Crippen molar-refractivity contribution >= 4 is 40.3 Å². The SMILES string of the molecule is Cc1cc(NC(=O)C(=O)N2C[C@H](C)CC[C@H]2c2ccc3nc(N)[nH]c3c2)cnc1N. The lowest BCUT2D eigenvalue weighted by atomic mass is 9.89. The summed E-state index contributed by atoms with van der Waals surface area (Å²) in [6, 6.07) is 7.26. The number of benzene rings is 1. The van der Waals surface area contributed by atoms with Gasteiger partial charge in [0.2, 0.25) is 0 Å². The first-order chi connectivity index (χ1) is 14.3. The average Bonchev–Trinajstić information content (AvgIpc) is 3.09. The summed E-state index contributed by atoms with van der Waals surface area (Å²) >= 11 is 0. The van der Waals surface area contributed by atoms with Crippen LogP contribution in [0.1, 0.15) is 36.9 Å². The molecular formula is C21H25N7O2. The first-order valence-corrected chi connectivity index (χ1v) is 9.91. The van der Waals surface area contributed by atoms with Crippen molar-refractivity contribution in [2.45, 2.75) is 32.7 Å². The maximum atomic E-state index is 13.1. The van der Waals surface area contributed by atoms with E-state index in [9.17, 15) is 9.59 Å². The largest absolute Gasteiger partial charge is 0.383 e. The lowest BCUT2D eigenvalue weighted by molar-refractivity contribution is -0.146. The number of carbonyl (C=O) groups excluding carboxylic acids is 2. The number of hydrogen-bond donors (Lipinski definition) is 4. The van der Waals surface area contributed by atoms with Crippen molar-refractivity contribution in [3.05, 3.63) is 41.6 Å². The van der Waals surface area contributed by atoms with Gasteiger partial charge in [-0.1, -0.05) is 13.0 Å².